The first-order chi connectivity index (χ1) is 10.3. The summed E-state index contributed by atoms with van der Waals surface area (Å²) in [5.41, 5.74) is 2.89. The number of fused-ring (bicyclic) bond motifs is 1. The van der Waals surface area contributed by atoms with E-state index >= 15 is 0 Å². The van der Waals surface area contributed by atoms with Gasteiger partial charge in [0.1, 0.15) is 12.0 Å². The van der Waals surface area contributed by atoms with Gasteiger partial charge >= 0.3 is 5.97 Å². The summed E-state index contributed by atoms with van der Waals surface area (Å²) in [5.74, 6) is -0.819. The molecule has 0 bridgehead atoms. The van der Waals surface area contributed by atoms with Crippen LogP contribution in [0.25, 0.3) is 5.57 Å². The van der Waals surface area contributed by atoms with E-state index in [1.807, 2.05) is 19.1 Å². The van der Waals surface area contributed by atoms with Gasteiger partial charge in [0.05, 0.1) is 0 Å². The van der Waals surface area contributed by atoms with Crippen molar-refractivity contribution in [2.45, 2.75) is 52.6 Å². The number of hydrogen-bond donors (Lipinski definition) is 0. The molecule has 118 valence electrons. The van der Waals surface area contributed by atoms with Crippen LogP contribution >= 0.6 is 0 Å². The predicted octanol–water partition coefficient (Wildman–Crippen LogP) is 3.95. The van der Waals surface area contributed by atoms with Gasteiger partial charge in [-0.3, -0.25) is 9.59 Å². The molecule has 1 aromatic rings. The molecule has 0 aliphatic heterocycles. The Hall–Kier alpha value is -1.90. The van der Waals surface area contributed by atoms with Crippen LogP contribution in [-0.4, -0.2) is 17.4 Å². The third-order valence-corrected chi connectivity index (χ3v) is 3.79. The van der Waals surface area contributed by atoms with E-state index < -0.39 is 11.6 Å². The second kappa shape index (κ2) is 6.47. The Labute approximate surface area is 132 Å². The minimum absolute atomic E-state index is 0.0859. The standard InChI is InChI=1S/C19H24O3/c1-13(17(20)12-18(21)22-19(2,3)4)15-11-7-9-14-8-5-6-10-16(14)15/h5-6,8,10-11,13H,7,9,12H2,1-4H3. The smallest absolute Gasteiger partial charge is 0.313 e. The van der Waals surface area contributed by atoms with Crippen molar-refractivity contribution < 1.29 is 14.3 Å². The third-order valence-electron chi connectivity index (χ3n) is 3.79. The van der Waals surface area contributed by atoms with Crippen LogP contribution in [0.1, 0.15) is 51.7 Å². The number of Topliss-reactive ketones (excluding diaryl/α,β-unsaturated/α-hetero) is 1. The highest BCUT2D eigenvalue weighted by Crippen LogP contribution is 2.32. The number of esters is 1. The zero-order valence-corrected chi connectivity index (χ0v) is 13.8. The van der Waals surface area contributed by atoms with Crippen LogP contribution in [-0.2, 0) is 20.7 Å². The molecule has 0 saturated carbocycles. The molecule has 1 aliphatic carbocycles. The van der Waals surface area contributed by atoms with E-state index in [4.69, 9.17) is 4.74 Å². The molecule has 1 unspecified atom stereocenters. The number of ketones is 1. The summed E-state index contributed by atoms with van der Waals surface area (Å²) in [6.07, 6.45) is 3.90. The summed E-state index contributed by atoms with van der Waals surface area (Å²) in [7, 11) is 0. The Bertz CT molecular complexity index is 605. The molecule has 3 nitrogen and oxygen atoms in total. The van der Waals surface area contributed by atoms with Crippen LogP contribution < -0.4 is 0 Å². The summed E-state index contributed by atoms with van der Waals surface area (Å²) < 4.78 is 5.24. The molecule has 1 aromatic carbocycles. The minimum Gasteiger partial charge on any atom is -0.460 e. The van der Waals surface area contributed by atoms with Crippen molar-refractivity contribution in [1.82, 2.24) is 0 Å². The van der Waals surface area contributed by atoms with Crippen LogP contribution in [0, 0.1) is 5.92 Å². The Morgan fingerprint density at radius 3 is 2.59 bits per heavy atom. The summed E-state index contributed by atoms with van der Waals surface area (Å²) in [5, 5.41) is 0. The van der Waals surface area contributed by atoms with Gasteiger partial charge in [-0.1, -0.05) is 37.3 Å². The third kappa shape index (κ3) is 4.06. The van der Waals surface area contributed by atoms with E-state index in [0.29, 0.717) is 0 Å². The number of ether oxygens (including phenoxy) is 1. The number of aryl methyl sites for hydroxylation is 1. The molecule has 1 atom stereocenters. The highest BCUT2D eigenvalue weighted by Gasteiger charge is 2.26. The van der Waals surface area contributed by atoms with Crippen molar-refractivity contribution in [2.24, 2.45) is 5.92 Å². The molecule has 0 amide bonds. The number of hydrogen-bond acceptors (Lipinski definition) is 3. The molecule has 2 rings (SSSR count). The Balaban J connectivity index is 2.08. The quantitative estimate of drug-likeness (QED) is 0.624. The van der Waals surface area contributed by atoms with E-state index in [1.54, 1.807) is 20.8 Å². The molecule has 0 saturated heterocycles. The van der Waals surface area contributed by atoms with E-state index in [-0.39, 0.29) is 18.1 Å². The highest BCUT2D eigenvalue weighted by atomic mass is 16.6. The topological polar surface area (TPSA) is 43.4 Å². The molecular formula is C19H24O3. The van der Waals surface area contributed by atoms with Crippen molar-refractivity contribution in [1.29, 1.82) is 0 Å². The fraction of sp³-hybridized carbons (Fsp3) is 0.474. The van der Waals surface area contributed by atoms with Gasteiger partial charge in [0.15, 0.2) is 5.78 Å². The van der Waals surface area contributed by atoms with E-state index in [0.717, 1.165) is 24.0 Å². The van der Waals surface area contributed by atoms with Gasteiger partial charge in [-0.2, -0.15) is 0 Å². The molecule has 0 heterocycles. The lowest BCUT2D eigenvalue weighted by Crippen LogP contribution is -2.27. The first-order valence-corrected chi connectivity index (χ1v) is 7.81. The Morgan fingerprint density at radius 2 is 1.91 bits per heavy atom. The largest absolute Gasteiger partial charge is 0.460 e. The van der Waals surface area contributed by atoms with Gasteiger partial charge in [-0.15, -0.1) is 0 Å². The van der Waals surface area contributed by atoms with Crippen molar-refractivity contribution >= 4 is 17.3 Å². The number of carbonyl (C=O) groups excluding carboxylic acids is 2. The van der Waals surface area contributed by atoms with Crippen molar-refractivity contribution in [3.05, 3.63) is 41.5 Å². The van der Waals surface area contributed by atoms with Crippen molar-refractivity contribution in [3.8, 4) is 0 Å². The van der Waals surface area contributed by atoms with Gasteiger partial charge < -0.3 is 4.74 Å². The number of rotatable bonds is 4. The maximum Gasteiger partial charge on any atom is 0.313 e. The SMILES string of the molecule is CC(C(=O)CC(=O)OC(C)(C)C)C1=CCCc2ccccc21. The van der Waals surface area contributed by atoms with Gasteiger partial charge in [0, 0.05) is 5.92 Å². The van der Waals surface area contributed by atoms with Gasteiger partial charge in [-0.25, -0.2) is 0 Å². The summed E-state index contributed by atoms with van der Waals surface area (Å²) >= 11 is 0. The molecule has 22 heavy (non-hydrogen) atoms. The molecular weight excluding hydrogens is 276 g/mol. The molecule has 3 heteroatoms. The molecule has 0 N–H and O–H groups in total. The van der Waals surface area contributed by atoms with Gasteiger partial charge in [0.25, 0.3) is 0 Å². The maximum atomic E-state index is 12.4. The molecule has 1 aliphatic rings. The van der Waals surface area contributed by atoms with Gasteiger partial charge in [-0.05, 0) is 50.3 Å². The monoisotopic (exact) mass is 300 g/mol. The molecule has 0 spiro atoms. The highest BCUT2D eigenvalue weighted by molar-refractivity contribution is 6.02. The van der Waals surface area contributed by atoms with Crippen LogP contribution in [0.2, 0.25) is 0 Å². The summed E-state index contributed by atoms with van der Waals surface area (Å²) in [6, 6.07) is 8.17. The van der Waals surface area contributed by atoms with Crippen molar-refractivity contribution in [2.75, 3.05) is 0 Å². The van der Waals surface area contributed by atoms with Crippen LogP contribution in [0.15, 0.2) is 30.3 Å². The predicted molar refractivity (Wildman–Crippen MR) is 87.4 cm³/mol. The van der Waals surface area contributed by atoms with E-state index in [9.17, 15) is 9.59 Å². The zero-order chi connectivity index (χ0) is 16.3. The first kappa shape index (κ1) is 16.5. The van der Waals surface area contributed by atoms with Crippen LogP contribution in [0.5, 0.6) is 0 Å². The van der Waals surface area contributed by atoms with Crippen LogP contribution in [0.4, 0.5) is 0 Å². The fourth-order valence-corrected chi connectivity index (χ4v) is 2.77. The summed E-state index contributed by atoms with van der Waals surface area (Å²) in [4.78, 5) is 24.2. The summed E-state index contributed by atoms with van der Waals surface area (Å²) in [6.45, 7) is 7.29. The van der Waals surface area contributed by atoms with Gasteiger partial charge in [0.2, 0.25) is 0 Å². The molecule has 0 fully saturated rings. The fourth-order valence-electron chi connectivity index (χ4n) is 2.77. The number of allylic oxidation sites excluding steroid dienone is 2. The Kier molecular flexibility index (Phi) is 4.84. The minimum atomic E-state index is -0.558. The van der Waals surface area contributed by atoms with Crippen molar-refractivity contribution in [3.63, 3.8) is 0 Å². The van der Waals surface area contributed by atoms with E-state index in [2.05, 4.69) is 18.2 Å². The molecule has 0 radical (unpaired) electrons. The first-order valence-electron chi connectivity index (χ1n) is 7.81. The number of carbonyl (C=O) groups is 2. The Morgan fingerprint density at radius 1 is 1.23 bits per heavy atom. The lowest BCUT2D eigenvalue weighted by Gasteiger charge is -2.23. The zero-order valence-electron chi connectivity index (χ0n) is 13.8. The lowest BCUT2D eigenvalue weighted by molar-refractivity contribution is -0.156. The average molecular weight is 300 g/mol. The maximum absolute atomic E-state index is 12.4. The lowest BCUT2D eigenvalue weighted by atomic mass is 9.82. The average Bonchev–Trinajstić information content (AvgIpc) is 2.43. The normalized spacial score (nSPS) is 15.5. The number of benzene rings is 1. The second-order valence-corrected chi connectivity index (χ2v) is 6.81. The molecule has 0 aromatic heterocycles. The van der Waals surface area contributed by atoms with E-state index in [1.165, 1.54) is 5.56 Å². The second-order valence-electron chi connectivity index (χ2n) is 6.81. The van der Waals surface area contributed by atoms with Crippen LogP contribution in [0.3, 0.4) is 0 Å².